The lowest BCUT2D eigenvalue weighted by atomic mass is 10.1. The molecular weight excluding hydrogens is 722 g/mol. The number of thiazole rings is 1. The van der Waals surface area contributed by atoms with Gasteiger partial charge in [-0.15, -0.1) is 11.3 Å². The molecule has 0 radical (unpaired) electrons. The van der Waals surface area contributed by atoms with E-state index in [-0.39, 0.29) is 5.56 Å². The Labute approximate surface area is 321 Å². The van der Waals surface area contributed by atoms with Gasteiger partial charge in [0.1, 0.15) is 23.1 Å². The highest BCUT2D eigenvalue weighted by Crippen LogP contribution is 2.40. The van der Waals surface area contributed by atoms with E-state index in [0.717, 1.165) is 33.8 Å². The third-order valence-corrected chi connectivity index (χ3v) is 10.2. The maximum absolute atomic E-state index is 15.9. The van der Waals surface area contributed by atoms with E-state index >= 15 is 4.39 Å². The number of ether oxygens (including phenoxy) is 3. The molecule has 3 aromatic heterocycles. The lowest BCUT2D eigenvalue weighted by Crippen LogP contribution is -2.37. The molecular formula is C40H38FN9O4S. The average molecular weight is 760 g/mol. The largest absolute Gasteiger partial charge is 0.497 e. The zero-order chi connectivity index (χ0) is 37.7. The number of nitrogens with zero attached hydrogens (tertiary/aromatic N) is 8. The molecule has 6 aromatic rings. The van der Waals surface area contributed by atoms with Gasteiger partial charge in [0.25, 0.3) is 5.91 Å². The number of hydrogen-bond acceptors (Lipinski definition) is 13. The van der Waals surface area contributed by atoms with Gasteiger partial charge in [0.15, 0.2) is 5.13 Å². The number of aromatic nitrogens is 5. The number of carbonyl (C=O) groups is 1. The van der Waals surface area contributed by atoms with Crippen LogP contribution in [0.15, 0.2) is 90.7 Å². The maximum Gasteiger partial charge on any atom is 0.257 e. The van der Waals surface area contributed by atoms with Crippen LogP contribution in [0.4, 0.5) is 32.9 Å². The molecule has 3 aromatic carbocycles. The van der Waals surface area contributed by atoms with Gasteiger partial charge in [-0.05, 0) is 60.0 Å². The minimum absolute atomic E-state index is 0.193. The molecule has 0 bridgehead atoms. The Hall–Kier alpha value is -6.19. The quantitative estimate of drug-likeness (QED) is 0.146. The van der Waals surface area contributed by atoms with Crippen molar-refractivity contribution in [3.8, 4) is 22.8 Å². The van der Waals surface area contributed by atoms with Crippen molar-refractivity contribution < 1.29 is 23.4 Å². The van der Waals surface area contributed by atoms with E-state index in [1.807, 2.05) is 53.4 Å². The number of anilines is 5. The van der Waals surface area contributed by atoms with Crippen molar-refractivity contribution in [1.29, 1.82) is 0 Å². The Balaban J connectivity index is 1.12. The number of nitrogens with one attached hydrogen (secondary N) is 1. The van der Waals surface area contributed by atoms with Crippen LogP contribution < -0.4 is 29.5 Å². The Morgan fingerprint density at radius 2 is 1.56 bits per heavy atom. The van der Waals surface area contributed by atoms with E-state index in [0.29, 0.717) is 86.6 Å². The molecule has 0 saturated carbocycles. The Morgan fingerprint density at radius 1 is 0.891 bits per heavy atom. The predicted octanol–water partition coefficient (Wildman–Crippen LogP) is 6.54. The lowest BCUT2D eigenvalue weighted by Gasteiger charge is -2.28. The van der Waals surface area contributed by atoms with Crippen LogP contribution in [-0.4, -0.2) is 77.9 Å². The summed E-state index contributed by atoms with van der Waals surface area (Å²) in [5, 5.41) is 4.92. The summed E-state index contributed by atoms with van der Waals surface area (Å²) in [5.41, 5.74) is 4.95. The molecule has 5 heterocycles. The first-order chi connectivity index (χ1) is 26.9. The van der Waals surface area contributed by atoms with Crippen LogP contribution in [0.3, 0.4) is 0 Å². The molecule has 1 amide bonds. The van der Waals surface area contributed by atoms with Gasteiger partial charge in [-0.25, -0.2) is 24.3 Å². The number of fused-ring (bicyclic) bond motifs is 1. The fraction of sp³-hybridized carbons (Fsp3) is 0.250. The van der Waals surface area contributed by atoms with Crippen molar-refractivity contribution in [3.05, 3.63) is 119 Å². The Morgan fingerprint density at radius 3 is 2.16 bits per heavy atom. The molecule has 55 heavy (non-hydrogen) atoms. The molecule has 8 rings (SSSR count). The van der Waals surface area contributed by atoms with Crippen LogP contribution >= 0.6 is 11.3 Å². The minimum Gasteiger partial charge on any atom is -0.497 e. The molecule has 0 spiro atoms. The zero-order valence-electron chi connectivity index (χ0n) is 30.3. The van der Waals surface area contributed by atoms with E-state index in [9.17, 15) is 4.79 Å². The van der Waals surface area contributed by atoms with Gasteiger partial charge in [0.2, 0.25) is 11.9 Å². The van der Waals surface area contributed by atoms with E-state index < -0.39 is 11.7 Å². The van der Waals surface area contributed by atoms with Crippen molar-refractivity contribution in [3.63, 3.8) is 0 Å². The summed E-state index contributed by atoms with van der Waals surface area (Å²) in [6.45, 7) is 3.94. The SMILES string of the molecule is COc1ccc(CN(Cc2ccc(OC)cc2)c2ncc(-c3nc(N4CCOCC4)nc4c3CCN4c3ccc(C(=O)Nc4nccs4)cc3F)cn2)cc1. The number of carbonyl (C=O) groups excluding carboxylic acids is 1. The van der Waals surface area contributed by atoms with Crippen LogP contribution in [-0.2, 0) is 24.2 Å². The Kier molecular flexibility index (Phi) is 10.4. The first-order valence-electron chi connectivity index (χ1n) is 17.8. The van der Waals surface area contributed by atoms with Gasteiger partial charge in [0, 0.05) is 73.4 Å². The number of benzene rings is 3. The highest BCUT2D eigenvalue weighted by atomic mass is 32.1. The van der Waals surface area contributed by atoms with E-state index in [2.05, 4.69) is 20.1 Å². The molecule has 15 heteroatoms. The minimum atomic E-state index is -0.533. The van der Waals surface area contributed by atoms with Crippen LogP contribution in [0.1, 0.15) is 27.0 Å². The summed E-state index contributed by atoms with van der Waals surface area (Å²) in [4.78, 5) is 42.8. The average Bonchev–Trinajstić information content (AvgIpc) is 3.91. The summed E-state index contributed by atoms with van der Waals surface area (Å²) in [5.74, 6) is 2.29. The highest BCUT2D eigenvalue weighted by Gasteiger charge is 2.31. The molecule has 0 unspecified atom stereocenters. The van der Waals surface area contributed by atoms with E-state index in [4.69, 9.17) is 34.1 Å². The van der Waals surface area contributed by atoms with Gasteiger partial charge in [-0.1, -0.05) is 24.3 Å². The lowest BCUT2D eigenvalue weighted by molar-refractivity contribution is 0.102. The number of amides is 1. The summed E-state index contributed by atoms with van der Waals surface area (Å²) in [7, 11) is 3.30. The number of hydrogen-bond donors (Lipinski definition) is 1. The van der Waals surface area contributed by atoms with Crippen molar-refractivity contribution in [2.75, 3.05) is 67.1 Å². The van der Waals surface area contributed by atoms with Gasteiger partial charge < -0.3 is 28.9 Å². The molecule has 0 atom stereocenters. The first kappa shape index (κ1) is 35.8. The number of halogens is 1. The first-order valence-corrected chi connectivity index (χ1v) is 18.7. The van der Waals surface area contributed by atoms with Gasteiger partial charge >= 0.3 is 0 Å². The summed E-state index contributed by atoms with van der Waals surface area (Å²) >= 11 is 1.29. The summed E-state index contributed by atoms with van der Waals surface area (Å²) in [6, 6.07) is 20.4. The topological polar surface area (TPSA) is 131 Å². The van der Waals surface area contributed by atoms with Crippen molar-refractivity contribution in [2.45, 2.75) is 19.5 Å². The normalized spacial score (nSPS) is 13.7. The maximum atomic E-state index is 15.9. The second-order valence-electron chi connectivity index (χ2n) is 13.0. The molecule has 2 aliphatic heterocycles. The third kappa shape index (κ3) is 7.88. The molecule has 1 fully saturated rings. The fourth-order valence-electron chi connectivity index (χ4n) is 6.65. The smallest absolute Gasteiger partial charge is 0.257 e. The zero-order valence-corrected chi connectivity index (χ0v) is 31.1. The standard InChI is InChI=1S/C40H38FN9O4S/c1-52-30-8-3-26(4-9-30)24-49(25-27-5-10-31(53-2)11-6-27)38-43-22-29(23-44-38)35-32-13-15-50(36(32)46-39(45-35)48-16-18-54-19-17-48)34-12-7-28(21-33(34)41)37(51)47-40-42-14-20-55-40/h3-12,14,20-23H,13,15-19,24-25H2,1-2H3,(H,42,47,51). The van der Waals surface area contributed by atoms with E-state index in [1.165, 1.54) is 17.4 Å². The number of rotatable bonds is 12. The summed E-state index contributed by atoms with van der Waals surface area (Å²) in [6.07, 6.45) is 5.76. The Bertz CT molecular complexity index is 2200. The third-order valence-electron chi connectivity index (χ3n) is 9.52. The molecule has 1 N–H and O–H groups in total. The van der Waals surface area contributed by atoms with Crippen molar-refractivity contribution in [1.82, 2.24) is 24.9 Å². The fourth-order valence-corrected chi connectivity index (χ4v) is 7.17. The van der Waals surface area contributed by atoms with Crippen LogP contribution in [0.5, 0.6) is 11.5 Å². The second kappa shape index (κ2) is 16.0. The molecule has 0 aliphatic carbocycles. The second-order valence-corrected chi connectivity index (χ2v) is 13.9. The molecule has 1 saturated heterocycles. The van der Waals surface area contributed by atoms with Crippen LogP contribution in [0.25, 0.3) is 11.3 Å². The van der Waals surface area contributed by atoms with Gasteiger partial charge in [0.05, 0.1) is 38.8 Å². The predicted molar refractivity (Wildman–Crippen MR) is 209 cm³/mol. The monoisotopic (exact) mass is 759 g/mol. The van der Waals surface area contributed by atoms with Crippen molar-refractivity contribution >= 4 is 45.8 Å². The van der Waals surface area contributed by atoms with Gasteiger partial charge in [-0.2, -0.15) is 4.98 Å². The summed E-state index contributed by atoms with van der Waals surface area (Å²) < 4.78 is 32.2. The highest BCUT2D eigenvalue weighted by molar-refractivity contribution is 7.13. The van der Waals surface area contributed by atoms with Crippen LogP contribution in [0.2, 0.25) is 0 Å². The number of methoxy groups -OCH3 is 2. The molecule has 2 aliphatic rings. The van der Waals surface area contributed by atoms with E-state index in [1.54, 1.807) is 50.3 Å². The van der Waals surface area contributed by atoms with Crippen molar-refractivity contribution in [2.24, 2.45) is 0 Å². The van der Waals surface area contributed by atoms with Crippen LogP contribution in [0, 0.1) is 5.82 Å². The number of morpholine rings is 1. The molecule has 280 valence electrons. The van der Waals surface area contributed by atoms with Gasteiger partial charge in [-0.3, -0.25) is 10.1 Å². The molecule has 13 nitrogen and oxygen atoms in total.